The van der Waals surface area contributed by atoms with Crippen molar-refractivity contribution >= 4 is 11.3 Å². The number of aryl methyl sites for hydroxylation is 2. The van der Waals surface area contributed by atoms with Gasteiger partial charge in [0.1, 0.15) is 11.6 Å². The van der Waals surface area contributed by atoms with Gasteiger partial charge in [0.25, 0.3) is 0 Å². The molecule has 0 amide bonds. The normalized spacial score (nSPS) is 22.6. The van der Waals surface area contributed by atoms with Crippen LogP contribution in [-0.4, -0.2) is 14.8 Å². The number of hydrogen-bond donors (Lipinski definition) is 1. The van der Waals surface area contributed by atoms with E-state index in [1.165, 1.54) is 31.2 Å². The van der Waals surface area contributed by atoms with E-state index in [1.54, 1.807) is 4.88 Å². The molecule has 0 aromatic carbocycles. The molecule has 0 saturated carbocycles. The molecule has 2 atom stereocenters. The Labute approximate surface area is 123 Å². The minimum Gasteiger partial charge on any atom is -0.314 e. The minimum atomic E-state index is 0.269. The van der Waals surface area contributed by atoms with Crippen LogP contribution in [0.2, 0.25) is 0 Å². The number of aromatic nitrogens is 3. The number of thiophene rings is 1. The van der Waals surface area contributed by atoms with Crippen LogP contribution in [-0.2, 0) is 19.4 Å². The van der Waals surface area contributed by atoms with Crippen LogP contribution >= 0.6 is 11.3 Å². The molecule has 4 rings (SSSR count). The van der Waals surface area contributed by atoms with E-state index in [4.69, 9.17) is 0 Å². The minimum absolute atomic E-state index is 0.269. The quantitative estimate of drug-likeness (QED) is 0.944. The molecule has 2 aromatic rings. The fraction of sp³-hybridized carbons (Fsp3) is 0.600. The summed E-state index contributed by atoms with van der Waals surface area (Å²) in [4.78, 5) is 1.56. The third kappa shape index (κ3) is 2.00. The topological polar surface area (TPSA) is 42.7 Å². The van der Waals surface area contributed by atoms with Gasteiger partial charge in [0.15, 0.2) is 0 Å². The van der Waals surface area contributed by atoms with Crippen LogP contribution < -0.4 is 5.32 Å². The van der Waals surface area contributed by atoms with Gasteiger partial charge in [-0.15, -0.1) is 21.5 Å². The van der Waals surface area contributed by atoms with Gasteiger partial charge in [0, 0.05) is 23.9 Å². The first kappa shape index (κ1) is 12.5. The Kier molecular flexibility index (Phi) is 3.11. The molecule has 4 nitrogen and oxygen atoms in total. The van der Waals surface area contributed by atoms with E-state index in [0.717, 1.165) is 24.6 Å². The van der Waals surface area contributed by atoms with Crippen LogP contribution in [0.3, 0.4) is 0 Å². The van der Waals surface area contributed by atoms with Gasteiger partial charge in [0.2, 0.25) is 0 Å². The van der Waals surface area contributed by atoms with E-state index in [9.17, 15) is 0 Å². The highest BCUT2D eigenvalue weighted by Gasteiger charge is 2.26. The third-order valence-corrected chi connectivity index (χ3v) is 5.53. The zero-order valence-corrected chi connectivity index (χ0v) is 12.6. The Hall–Kier alpha value is -1.20. The first-order valence-corrected chi connectivity index (χ1v) is 8.45. The highest BCUT2D eigenvalue weighted by atomic mass is 32.1. The smallest absolute Gasteiger partial charge is 0.149 e. The molecule has 1 N–H and O–H groups in total. The molecular weight excluding hydrogens is 268 g/mol. The molecule has 2 unspecified atom stereocenters. The summed E-state index contributed by atoms with van der Waals surface area (Å²) in [5, 5.41) is 14.7. The Balaban J connectivity index is 1.55. The van der Waals surface area contributed by atoms with Gasteiger partial charge in [-0.25, -0.2) is 0 Å². The van der Waals surface area contributed by atoms with Crippen LogP contribution in [0, 0.1) is 0 Å². The van der Waals surface area contributed by atoms with Crippen molar-refractivity contribution in [3.8, 4) is 0 Å². The summed E-state index contributed by atoms with van der Waals surface area (Å²) < 4.78 is 2.30. The lowest BCUT2D eigenvalue weighted by Crippen LogP contribution is -2.28. The molecule has 2 aromatic heterocycles. The maximum Gasteiger partial charge on any atom is 0.149 e. The maximum atomic E-state index is 4.40. The highest BCUT2D eigenvalue weighted by molar-refractivity contribution is 7.10. The summed E-state index contributed by atoms with van der Waals surface area (Å²) in [7, 11) is 0. The number of rotatable bonds is 3. The average Bonchev–Trinajstić information content (AvgIpc) is 3.14. The molecular formula is C15H20N4S. The molecule has 0 spiro atoms. The molecule has 3 heterocycles. The Morgan fingerprint density at radius 3 is 3.25 bits per heavy atom. The molecule has 0 bridgehead atoms. The summed E-state index contributed by atoms with van der Waals surface area (Å²) in [5.41, 5.74) is 1.51. The standard InChI is InChI=1S/C15H20N4S/c1-10(15-18-17-14-6-3-8-19(14)15)16-12-4-2-5-13-11(12)7-9-20-13/h7,9-10,12,16H,2-6,8H2,1H3. The fourth-order valence-electron chi connectivity index (χ4n) is 3.53. The summed E-state index contributed by atoms with van der Waals surface area (Å²) in [6.45, 7) is 3.30. The van der Waals surface area contributed by atoms with Gasteiger partial charge in [-0.05, 0) is 49.6 Å². The molecule has 106 valence electrons. The zero-order valence-electron chi connectivity index (χ0n) is 11.8. The Morgan fingerprint density at radius 2 is 2.30 bits per heavy atom. The fourth-order valence-corrected chi connectivity index (χ4v) is 4.52. The van der Waals surface area contributed by atoms with Gasteiger partial charge in [-0.2, -0.15) is 0 Å². The average molecular weight is 288 g/mol. The van der Waals surface area contributed by atoms with Crippen LogP contribution in [0.15, 0.2) is 11.4 Å². The molecule has 1 aliphatic heterocycles. The van der Waals surface area contributed by atoms with Crippen molar-refractivity contribution < 1.29 is 0 Å². The molecule has 1 aliphatic carbocycles. The van der Waals surface area contributed by atoms with Crippen molar-refractivity contribution in [2.45, 2.75) is 57.7 Å². The Morgan fingerprint density at radius 1 is 1.35 bits per heavy atom. The number of hydrogen-bond acceptors (Lipinski definition) is 4. The van der Waals surface area contributed by atoms with Gasteiger partial charge < -0.3 is 9.88 Å². The SMILES string of the molecule is CC(NC1CCCc2sccc21)c1nnc2n1CCC2. The van der Waals surface area contributed by atoms with Crippen molar-refractivity contribution in [3.63, 3.8) is 0 Å². The van der Waals surface area contributed by atoms with Gasteiger partial charge in [0.05, 0.1) is 6.04 Å². The molecule has 0 saturated heterocycles. The van der Waals surface area contributed by atoms with Crippen molar-refractivity contribution in [2.75, 3.05) is 0 Å². The Bertz CT molecular complexity index is 615. The number of nitrogens with zero attached hydrogens (tertiary/aromatic N) is 3. The summed E-state index contributed by atoms with van der Waals surface area (Å²) >= 11 is 1.90. The third-order valence-electron chi connectivity index (χ3n) is 4.53. The van der Waals surface area contributed by atoms with Crippen molar-refractivity contribution in [1.82, 2.24) is 20.1 Å². The van der Waals surface area contributed by atoms with Crippen molar-refractivity contribution in [2.24, 2.45) is 0 Å². The molecule has 5 heteroatoms. The van der Waals surface area contributed by atoms with Gasteiger partial charge in [-0.1, -0.05) is 0 Å². The van der Waals surface area contributed by atoms with Crippen molar-refractivity contribution in [1.29, 1.82) is 0 Å². The lowest BCUT2D eigenvalue weighted by molar-refractivity contribution is 0.400. The van der Waals surface area contributed by atoms with E-state index >= 15 is 0 Å². The van der Waals surface area contributed by atoms with Crippen LogP contribution in [0.5, 0.6) is 0 Å². The second-order valence-electron chi connectivity index (χ2n) is 5.86. The largest absolute Gasteiger partial charge is 0.314 e. The summed E-state index contributed by atoms with van der Waals surface area (Å²) in [5.74, 6) is 2.27. The first-order valence-electron chi connectivity index (χ1n) is 7.57. The summed E-state index contributed by atoms with van der Waals surface area (Å²) in [6, 6.07) is 3.04. The summed E-state index contributed by atoms with van der Waals surface area (Å²) in [6.07, 6.45) is 6.06. The lowest BCUT2D eigenvalue weighted by Gasteiger charge is -2.27. The maximum absolute atomic E-state index is 4.40. The molecule has 0 fully saturated rings. The number of nitrogens with one attached hydrogen (secondary N) is 1. The van der Waals surface area contributed by atoms with E-state index in [-0.39, 0.29) is 6.04 Å². The van der Waals surface area contributed by atoms with Gasteiger partial charge in [-0.3, -0.25) is 0 Å². The predicted octanol–water partition coefficient (Wildman–Crippen LogP) is 3.01. The monoisotopic (exact) mass is 288 g/mol. The molecule has 20 heavy (non-hydrogen) atoms. The molecule has 2 aliphatic rings. The first-order chi connectivity index (χ1) is 9.83. The van der Waals surface area contributed by atoms with Crippen molar-refractivity contribution in [3.05, 3.63) is 33.5 Å². The van der Waals surface area contributed by atoms with E-state index in [1.807, 2.05) is 11.3 Å². The second-order valence-corrected chi connectivity index (χ2v) is 6.86. The number of fused-ring (bicyclic) bond motifs is 2. The predicted molar refractivity (Wildman–Crippen MR) is 79.9 cm³/mol. The molecule has 0 radical (unpaired) electrons. The van der Waals surface area contributed by atoms with E-state index in [0.29, 0.717) is 6.04 Å². The van der Waals surface area contributed by atoms with E-state index < -0.39 is 0 Å². The van der Waals surface area contributed by atoms with Crippen LogP contribution in [0.1, 0.15) is 60.4 Å². The van der Waals surface area contributed by atoms with Crippen LogP contribution in [0.25, 0.3) is 0 Å². The van der Waals surface area contributed by atoms with Crippen LogP contribution in [0.4, 0.5) is 0 Å². The highest BCUT2D eigenvalue weighted by Crippen LogP contribution is 2.34. The second kappa shape index (κ2) is 4.97. The zero-order chi connectivity index (χ0) is 13.5. The van der Waals surface area contributed by atoms with E-state index in [2.05, 4.69) is 38.5 Å². The van der Waals surface area contributed by atoms with Gasteiger partial charge >= 0.3 is 0 Å². The lowest BCUT2D eigenvalue weighted by atomic mass is 9.93.